The van der Waals surface area contributed by atoms with E-state index in [2.05, 4.69) is 10.3 Å². The van der Waals surface area contributed by atoms with Gasteiger partial charge in [-0.05, 0) is 19.1 Å². The Morgan fingerprint density at radius 1 is 1.38 bits per heavy atom. The summed E-state index contributed by atoms with van der Waals surface area (Å²) in [5.41, 5.74) is 2.54. The van der Waals surface area contributed by atoms with Gasteiger partial charge in [-0.3, -0.25) is 4.98 Å². The van der Waals surface area contributed by atoms with Crippen LogP contribution in [0.5, 0.6) is 11.5 Å². The summed E-state index contributed by atoms with van der Waals surface area (Å²) >= 11 is 5.97. The van der Waals surface area contributed by atoms with Crippen molar-refractivity contribution in [3.8, 4) is 11.5 Å². The molecule has 0 fully saturated rings. The van der Waals surface area contributed by atoms with Crippen molar-refractivity contribution in [1.29, 1.82) is 0 Å². The minimum absolute atomic E-state index is 0.0926. The van der Waals surface area contributed by atoms with Crippen molar-refractivity contribution in [2.24, 2.45) is 0 Å². The van der Waals surface area contributed by atoms with E-state index in [1.807, 2.05) is 6.07 Å². The number of aliphatic hydroxyl groups excluding tert-OH is 1. The molecule has 0 aliphatic heterocycles. The first-order chi connectivity index (χ1) is 10.1. The second-order valence-electron chi connectivity index (χ2n) is 4.56. The first-order valence-corrected chi connectivity index (χ1v) is 6.79. The predicted molar refractivity (Wildman–Crippen MR) is 81.9 cm³/mol. The quantitative estimate of drug-likeness (QED) is 0.792. The molecule has 1 aromatic heterocycles. The Morgan fingerprint density at radius 2 is 2.14 bits per heavy atom. The van der Waals surface area contributed by atoms with Crippen LogP contribution >= 0.6 is 11.6 Å². The zero-order chi connectivity index (χ0) is 15.4. The van der Waals surface area contributed by atoms with Crippen LogP contribution in [0.15, 0.2) is 24.4 Å². The summed E-state index contributed by atoms with van der Waals surface area (Å²) in [7, 11) is 1.55. The van der Waals surface area contributed by atoms with Crippen LogP contribution in [0.3, 0.4) is 0 Å². The molecule has 0 aliphatic rings. The van der Waals surface area contributed by atoms with Crippen molar-refractivity contribution in [3.05, 3.63) is 46.2 Å². The SMILES string of the molecule is COc1cc(NCc2c(CO)cnc(C)c2O)ccc1Cl. The Labute approximate surface area is 128 Å². The number of nitrogens with zero attached hydrogens (tertiary/aromatic N) is 1. The molecule has 0 amide bonds. The standard InChI is InChI=1S/C15H17ClN2O3/c1-9-15(20)12(10(8-19)6-17-9)7-18-11-3-4-13(16)14(5-11)21-2/h3-6,18-20H,7-8H2,1-2H3. The molecule has 0 saturated carbocycles. The van der Waals surface area contributed by atoms with Gasteiger partial charge in [-0.15, -0.1) is 0 Å². The zero-order valence-electron chi connectivity index (χ0n) is 11.9. The average Bonchev–Trinajstić information content (AvgIpc) is 2.50. The molecule has 6 heteroatoms. The molecule has 112 valence electrons. The number of nitrogens with one attached hydrogen (secondary N) is 1. The number of methoxy groups -OCH3 is 1. The second kappa shape index (κ2) is 6.65. The summed E-state index contributed by atoms with van der Waals surface area (Å²) in [4.78, 5) is 4.03. The van der Waals surface area contributed by atoms with Crippen LogP contribution in [-0.2, 0) is 13.2 Å². The van der Waals surface area contributed by atoms with Gasteiger partial charge in [0.1, 0.15) is 11.5 Å². The van der Waals surface area contributed by atoms with Gasteiger partial charge in [-0.25, -0.2) is 0 Å². The van der Waals surface area contributed by atoms with Gasteiger partial charge >= 0.3 is 0 Å². The van der Waals surface area contributed by atoms with Gasteiger partial charge in [-0.2, -0.15) is 0 Å². The van der Waals surface area contributed by atoms with E-state index in [4.69, 9.17) is 16.3 Å². The number of aryl methyl sites for hydroxylation is 1. The number of ether oxygens (including phenoxy) is 1. The molecule has 2 aromatic rings. The van der Waals surface area contributed by atoms with Crippen molar-refractivity contribution >= 4 is 17.3 Å². The molecular weight excluding hydrogens is 292 g/mol. The van der Waals surface area contributed by atoms with Crippen LogP contribution in [-0.4, -0.2) is 22.3 Å². The molecule has 5 nitrogen and oxygen atoms in total. The molecule has 0 atom stereocenters. The number of aromatic hydroxyl groups is 1. The fourth-order valence-corrected chi connectivity index (χ4v) is 2.17. The topological polar surface area (TPSA) is 74.6 Å². The number of aromatic nitrogens is 1. The summed E-state index contributed by atoms with van der Waals surface area (Å²) in [6, 6.07) is 5.31. The fraction of sp³-hybridized carbons (Fsp3) is 0.267. The average molecular weight is 309 g/mol. The number of hydrogen-bond acceptors (Lipinski definition) is 5. The maximum absolute atomic E-state index is 10.1. The molecule has 0 saturated heterocycles. The van der Waals surface area contributed by atoms with E-state index in [1.54, 1.807) is 32.4 Å². The van der Waals surface area contributed by atoms with Gasteiger partial charge in [-0.1, -0.05) is 11.6 Å². The van der Waals surface area contributed by atoms with E-state index >= 15 is 0 Å². The lowest BCUT2D eigenvalue weighted by molar-refractivity contribution is 0.279. The summed E-state index contributed by atoms with van der Waals surface area (Å²) in [5, 5.41) is 23.1. The second-order valence-corrected chi connectivity index (χ2v) is 4.96. The Hall–Kier alpha value is -1.98. The largest absolute Gasteiger partial charge is 0.506 e. The molecule has 2 rings (SSSR count). The normalized spacial score (nSPS) is 10.5. The fourth-order valence-electron chi connectivity index (χ4n) is 1.98. The van der Waals surface area contributed by atoms with Crippen LogP contribution in [0.4, 0.5) is 5.69 Å². The van der Waals surface area contributed by atoms with E-state index in [-0.39, 0.29) is 12.4 Å². The van der Waals surface area contributed by atoms with E-state index in [1.165, 1.54) is 0 Å². The van der Waals surface area contributed by atoms with Crippen molar-refractivity contribution in [3.63, 3.8) is 0 Å². The molecule has 0 aliphatic carbocycles. The minimum Gasteiger partial charge on any atom is -0.506 e. The van der Waals surface area contributed by atoms with E-state index < -0.39 is 0 Å². The van der Waals surface area contributed by atoms with E-state index in [0.717, 1.165) is 5.69 Å². The highest BCUT2D eigenvalue weighted by molar-refractivity contribution is 6.32. The lowest BCUT2D eigenvalue weighted by Gasteiger charge is -2.14. The summed E-state index contributed by atoms with van der Waals surface area (Å²) in [5.74, 6) is 0.661. The van der Waals surface area contributed by atoms with Gasteiger partial charge in [0.2, 0.25) is 0 Å². The maximum Gasteiger partial charge on any atom is 0.142 e. The van der Waals surface area contributed by atoms with Crippen molar-refractivity contribution in [1.82, 2.24) is 4.98 Å². The predicted octanol–water partition coefficient (Wildman–Crippen LogP) is 2.86. The Bertz CT molecular complexity index is 647. The smallest absolute Gasteiger partial charge is 0.142 e. The molecule has 1 heterocycles. The molecular formula is C15H17ClN2O3. The summed E-state index contributed by atoms with van der Waals surface area (Å²) < 4.78 is 5.15. The first kappa shape index (κ1) is 15.4. The van der Waals surface area contributed by atoms with E-state index in [9.17, 15) is 10.2 Å². The maximum atomic E-state index is 10.1. The molecule has 0 bridgehead atoms. The number of rotatable bonds is 5. The van der Waals surface area contributed by atoms with Crippen LogP contribution in [0.1, 0.15) is 16.8 Å². The third kappa shape index (κ3) is 3.37. The lowest BCUT2D eigenvalue weighted by Crippen LogP contribution is -2.05. The highest BCUT2D eigenvalue weighted by atomic mass is 35.5. The molecule has 21 heavy (non-hydrogen) atoms. The molecule has 3 N–H and O–H groups in total. The number of aliphatic hydroxyl groups is 1. The highest BCUT2D eigenvalue weighted by Gasteiger charge is 2.11. The van der Waals surface area contributed by atoms with Gasteiger partial charge in [0.15, 0.2) is 0 Å². The van der Waals surface area contributed by atoms with Crippen LogP contribution in [0.25, 0.3) is 0 Å². The number of hydrogen-bond donors (Lipinski definition) is 3. The monoisotopic (exact) mass is 308 g/mol. The Kier molecular flexibility index (Phi) is 4.88. The van der Waals surface area contributed by atoms with E-state index in [0.29, 0.717) is 34.1 Å². The number of pyridine rings is 1. The number of benzene rings is 1. The zero-order valence-corrected chi connectivity index (χ0v) is 12.6. The Morgan fingerprint density at radius 3 is 2.81 bits per heavy atom. The van der Waals surface area contributed by atoms with Crippen molar-refractivity contribution < 1.29 is 14.9 Å². The molecule has 0 spiro atoms. The molecule has 1 aromatic carbocycles. The minimum atomic E-state index is -0.179. The number of halogens is 1. The Balaban J connectivity index is 2.22. The van der Waals surface area contributed by atoms with Gasteiger partial charge in [0.05, 0.1) is 24.4 Å². The van der Waals surface area contributed by atoms with Gasteiger partial charge < -0.3 is 20.3 Å². The summed E-state index contributed by atoms with van der Waals surface area (Å²) in [6.07, 6.45) is 1.56. The van der Waals surface area contributed by atoms with Crippen molar-refractivity contribution in [2.75, 3.05) is 12.4 Å². The van der Waals surface area contributed by atoms with Gasteiger partial charge in [0, 0.05) is 35.6 Å². The van der Waals surface area contributed by atoms with Crippen LogP contribution < -0.4 is 10.1 Å². The number of anilines is 1. The van der Waals surface area contributed by atoms with Crippen LogP contribution in [0, 0.1) is 6.92 Å². The lowest BCUT2D eigenvalue weighted by atomic mass is 10.1. The first-order valence-electron chi connectivity index (χ1n) is 6.41. The molecule has 0 radical (unpaired) electrons. The third-order valence-corrected chi connectivity index (χ3v) is 3.53. The summed E-state index contributed by atoms with van der Waals surface area (Å²) in [6.45, 7) is 1.89. The van der Waals surface area contributed by atoms with Crippen molar-refractivity contribution in [2.45, 2.75) is 20.1 Å². The van der Waals surface area contributed by atoms with Crippen LogP contribution in [0.2, 0.25) is 5.02 Å². The molecule has 0 unspecified atom stereocenters. The highest BCUT2D eigenvalue weighted by Crippen LogP contribution is 2.29. The van der Waals surface area contributed by atoms with Gasteiger partial charge in [0.25, 0.3) is 0 Å². The third-order valence-electron chi connectivity index (χ3n) is 3.22.